The lowest BCUT2D eigenvalue weighted by molar-refractivity contribution is -0.125. The van der Waals surface area contributed by atoms with E-state index in [4.69, 9.17) is 5.73 Å². The zero-order valence-electron chi connectivity index (χ0n) is 13.9. The van der Waals surface area contributed by atoms with Gasteiger partial charge in [-0.05, 0) is 48.8 Å². The Kier molecular flexibility index (Phi) is 3.95. The summed E-state index contributed by atoms with van der Waals surface area (Å²) in [6.07, 6.45) is 3.28. The van der Waals surface area contributed by atoms with E-state index >= 15 is 0 Å². The molecule has 4 atom stereocenters. The molecule has 2 saturated carbocycles. The molecule has 4 unspecified atom stereocenters. The number of nitrogens with zero attached hydrogens (tertiary/aromatic N) is 1. The Morgan fingerprint density at radius 3 is 2.76 bits per heavy atom. The van der Waals surface area contributed by atoms with Gasteiger partial charge in [0, 0.05) is 11.7 Å². The first-order valence-electron chi connectivity index (χ1n) is 8.76. The van der Waals surface area contributed by atoms with Gasteiger partial charge in [-0.1, -0.05) is 12.1 Å². The third kappa shape index (κ3) is 2.89. The summed E-state index contributed by atoms with van der Waals surface area (Å²) < 4.78 is 0. The number of anilines is 1. The highest BCUT2D eigenvalue weighted by Crippen LogP contribution is 2.47. The second-order valence-electron chi connectivity index (χ2n) is 7.26. The number of carbonyl (C=O) groups excluding carboxylic acids is 3. The average Bonchev–Trinajstić information content (AvgIpc) is 3.26. The van der Waals surface area contributed by atoms with Gasteiger partial charge in [0.2, 0.25) is 11.8 Å². The third-order valence-electron chi connectivity index (χ3n) is 5.76. The first kappa shape index (κ1) is 16.1. The van der Waals surface area contributed by atoms with Crippen molar-refractivity contribution in [1.29, 1.82) is 0 Å². The van der Waals surface area contributed by atoms with Crippen LogP contribution in [0.3, 0.4) is 0 Å². The molecule has 7 nitrogen and oxygen atoms in total. The highest BCUT2D eigenvalue weighted by molar-refractivity contribution is 6.01. The van der Waals surface area contributed by atoms with Crippen molar-refractivity contribution in [1.82, 2.24) is 10.2 Å². The molecule has 3 fully saturated rings. The molecule has 25 heavy (non-hydrogen) atoms. The van der Waals surface area contributed by atoms with Crippen molar-refractivity contribution in [3.05, 3.63) is 29.8 Å². The summed E-state index contributed by atoms with van der Waals surface area (Å²) in [6, 6.07) is 6.82. The van der Waals surface area contributed by atoms with Crippen molar-refractivity contribution in [3.8, 4) is 0 Å². The summed E-state index contributed by atoms with van der Waals surface area (Å²) in [5, 5.41) is 5.46. The van der Waals surface area contributed by atoms with Crippen LogP contribution in [0.4, 0.5) is 10.5 Å². The molecule has 2 bridgehead atoms. The summed E-state index contributed by atoms with van der Waals surface area (Å²) >= 11 is 0. The van der Waals surface area contributed by atoms with Crippen LogP contribution in [0.15, 0.2) is 24.3 Å². The van der Waals surface area contributed by atoms with E-state index in [1.807, 2.05) is 18.2 Å². The molecular weight excluding hydrogens is 320 g/mol. The van der Waals surface area contributed by atoms with Crippen LogP contribution in [0.2, 0.25) is 0 Å². The van der Waals surface area contributed by atoms with Crippen molar-refractivity contribution in [2.45, 2.75) is 31.8 Å². The van der Waals surface area contributed by atoms with E-state index in [0.29, 0.717) is 17.5 Å². The van der Waals surface area contributed by atoms with Gasteiger partial charge in [-0.15, -0.1) is 0 Å². The van der Waals surface area contributed by atoms with Crippen LogP contribution in [-0.4, -0.2) is 35.3 Å². The van der Waals surface area contributed by atoms with Crippen LogP contribution >= 0.6 is 0 Å². The smallest absolute Gasteiger partial charge is 0.324 e. The van der Waals surface area contributed by atoms with Crippen molar-refractivity contribution in [3.63, 3.8) is 0 Å². The van der Waals surface area contributed by atoms with Gasteiger partial charge >= 0.3 is 6.03 Å². The molecular formula is C18H22N4O3. The number of urea groups is 1. The Bertz CT molecular complexity index is 717. The molecule has 2 aliphatic carbocycles. The lowest BCUT2D eigenvalue weighted by atomic mass is 9.84. The van der Waals surface area contributed by atoms with Crippen molar-refractivity contribution in [2.24, 2.45) is 23.5 Å². The topological polar surface area (TPSA) is 105 Å². The predicted octanol–water partition coefficient (Wildman–Crippen LogP) is 1.05. The first-order chi connectivity index (χ1) is 12.0. The predicted molar refractivity (Wildman–Crippen MR) is 91.3 cm³/mol. The molecule has 4 N–H and O–H groups in total. The van der Waals surface area contributed by atoms with Crippen LogP contribution in [0.1, 0.15) is 24.8 Å². The number of rotatable bonds is 4. The minimum absolute atomic E-state index is 0.0214. The Balaban J connectivity index is 1.44. The van der Waals surface area contributed by atoms with Crippen LogP contribution in [0.5, 0.6) is 0 Å². The molecule has 0 aromatic heterocycles. The molecule has 1 aromatic rings. The van der Waals surface area contributed by atoms with E-state index < -0.39 is 0 Å². The van der Waals surface area contributed by atoms with Crippen LogP contribution in [0, 0.1) is 17.8 Å². The minimum Gasteiger partial charge on any atom is -0.329 e. The van der Waals surface area contributed by atoms with E-state index in [9.17, 15) is 14.4 Å². The van der Waals surface area contributed by atoms with Crippen LogP contribution < -0.4 is 16.4 Å². The third-order valence-corrected chi connectivity index (χ3v) is 5.76. The zero-order valence-corrected chi connectivity index (χ0v) is 13.9. The Labute approximate surface area is 145 Å². The molecule has 7 heteroatoms. The average molecular weight is 342 g/mol. The van der Waals surface area contributed by atoms with Crippen molar-refractivity contribution < 1.29 is 14.4 Å². The second-order valence-corrected chi connectivity index (χ2v) is 7.26. The number of amides is 4. The summed E-state index contributed by atoms with van der Waals surface area (Å²) in [5.41, 5.74) is 7.70. The zero-order chi connectivity index (χ0) is 17.6. The van der Waals surface area contributed by atoms with Crippen molar-refractivity contribution in [2.75, 3.05) is 11.9 Å². The van der Waals surface area contributed by atoms with Gasteiger partial charge < -0.3 is 16.4 Å². The van der Waals surface area contributed by atoms with Gasteiger partial charge in [-0.3, -0.25) is 14.5 Å². The second kappa shape index (κ2) is 6.15. The quantitative estimate of drug-likeness (QED) is 0.711. The lowest BCUT2D eigenvalue weighted by Crippen LogP contribution is -2.42. The normalized spacial score (nSPS) is 30.7. The lowest BCUT2D eigenvalue weighted by Gasteiger charge is -2.27. The molecule has 132 valence electrons. The maximum absolute atomic E-state index is 12.7. The summed E-state index contributed by atoms with van der Waals surface area (Å²) in [5.74, 6) is 0.494. The largest absolute Gasteiger partial charge is 0.329 e. The minimum atomic E-state index is -0.382. The van der Waals surface area contributed by atoms with E-state index in [2.05, 4.69) is 10.6 Å². The van der Waals surface area contributed by atoms with Gasteiger partial charge in [0.05, 0.1) is 19.0 Å². The molecule has 4 amide bonds. The molecule has 4 rings (SSSR count). The molecule has 1 heterocycles. The maximum atomic E-state index is 12.7. The molecule has 0 radical (unpaired) electrons. The van der Waals surface area contributed by atoms with Gasteiger partial charge in [0.15, 0.2) is 0 Å². The summed E-state index contributed by atoms with van der Waals surface area (Å²) in [6.45, 7) is 0.236. The monoisotopic (exact) mass is 342 g/mol. The van der Waals surface area contributed by atoms with Gasteiger partial charge in [-0.25, -0.2) is 4.79 Å². The number of benzene rings is 1. The maximum Gasteiger partial charge on any atom is 0.324 e. The fourth-order valence-electron chi connectivity index (χ4n) is 4.50. The van der Waals surface area contributed by atoms with Crippen LogP contribution in [-0.2, 0) is 16.1 Å². The number of fused-ring (bicyclic) bond motifs is 2. The number of carbonyl (C=O) groups is 3. The van der Waals surface area contributed by atoms with Gasteiger partial charge in [0.1, 0.15) is 0 Å². The fourth-order valence-corrected chi connectivity index (χ4v) is 4.50. The summed E-state index contributed by atoms with van der Waals surface area (Å²) in [4.78, 5) is 37.2. The number of nitrogens with two attached hydrogens (primary N) is 1. The molecule has 1 saturated heterocycles. The number of nitrogens with one attached hydrogen (secondary N) is 2. The first-order valence-corrected chi connectivity index (χ1v) is 8.76. The van der Waals surface area contributed by atoms with E-state index in [1.165, 1.54) is 4.90 Å². The Morgan fingerprint density at radius 2 is 2.08 bits per heavy atom. The standard InChI is InChI=1S/C18H22N4O3/c19-16-12-5-4-11(7-12)15(16)17(24)21-13-3-1-2-10(6-13)9-22-14(23)8-20-18(22)25/h1-3,6,11-12,15-16H,4-5,7-9,19H2,(H,20,25)(H,21,24). The van der Waals surface area contributed by atoms with E-state index in [0.717, 1.165) is 24.8 Å². The highest BCUT2D eigenvalue weighted by Gasteiger charge is 2.49. The molecule has 0 spiro atoms. The summed E-state index contributed by atoms with van der Waals surface area (Å²) in [7, 11) is 0. The van der Waals surface area contributed by atoms with Crippen molar-refractivity contribution >= 4 is 23.5 Å². The SMILES string of the molecule is NC1C2CCC(C2)C1C(=O)Nc1cccc(CN2C(=O)CNC2=O)c1. The fraction of sp³-hybridized carbons (Fsp3) is 0.500. The van der Waals surface area contributed by atoms with E-state index in [-0.39, 0.29) is 42.9 Å². The highest BCUT2D eigenvalue weighted by atomic mass is 16.2. The molecule has 1 aromatic carbocycles. The van der Waals surface area contributed by atoms with E-state index in [1.54, 1.807) is 6.07 Å². The van der Waals surface area contributed by atoms with Gasteiger partial charge in [-0.2, -0.15) is 0 Å². The number of hydrogen-bond donors (Lipinski definition) is 3. The van der Waals surface area contributed by atoms with Crippen LogP contribution in [0.25, 0.3) is 0 Å². The number of hydrogen-bond acceptors (Lipinski definition) is 4. The molecule has 3 aliphatic rings. The van der Waals surface area contributed by atoms with Gasteiger partial charge in [0.25, 0.3) is 0 Å². The Hall–Kier alpha value is -2.41. The Morgan fingerprint density at radius 1 is 1.28 bits per heavy atom. The number of imide groups is 1. The molecule has 1 aliphatic heterocycles.